The summed E-state index contributed by atoms with van der Waals surface area (Å²) < 4.78 is 37.8. The van der Waals surface area contributed by atoms with Crippen LogP contribution in [0.15, 0.2) is 42.5 Å². The van der Waals surface area contributed by atoms with Crippen molar-refractivity contribution in [2.75, 3.05) is 24.2 Å². The first-order valence-electron chi connectivity index (χ1n) is 6.91. The maximum absolute atomic E-state index is 12.6. The summed E-state index contributed by atoms with van der Waals surface area (Å²) in [5, 5.41) is 21.0. The molecule has 2 rings (SSSR count). The number of nitrogens with one attached hydrogen (secondary N) is 1. The summed E-state index contributed by atoms with van der Waals surface area (Å²) in [5.41, 5.74) is 7.38. The van der Waals surface area contributed by atoms with Crippen molar-refractivity contribution in [2.24, 2.45) is 0 Å². The molecule has 0 saturated carbocycles. The normalized spacial score (nSPS) is 12.9. The molecule has 4 nitrogen and oxygen atoms in total. The van der Waals surface area contributed by atoms with Gasteiger partial charge in [0, 0.05) is 23.5 Å². The molecule has 5 N–H and O–H groups in total. The van der Waals surface area contributed by atoms with E-state index in [2.05, 4.69) is 5.32 Å². The van der Waals surface area contributed by atoms with Crippen molar-refractivity contribution in [1.82, 2.24) is 0 Å². The van der Waals surface area contributed by atoms with E-state index in [-0.39, 0.29) is 13.2 Å². The molecule has 2 aromatic rings. The topological polar surface area (TPSA) is 78.5 Å². The summed E-state index contributed by atoms with van der Waals surface area (Å²) in [6.07, 6.45) is -5.28. The lowest BCUT2D eigenvalue weighted by Gasteiger charge is -2.13. The van der Waals surface area contributed by atoms with Crippen LogP contribution >= 0.6 is 0 Å². The van der Waals surface area contributed by atoms with Gasteiger partial charge in [-0.15, -0.1) is 0 Å². The molecule has 0 heterocycles. The second-order valence-electron chi connectivity index (χ2n) is 5.09. The first kappa shape index (κ1) is 17.1. The van der Waals surface area contributed by atoms with Crippen LogP contribution in [0.1, 0.15) is 5.56 Å². The van der Waals surface area contributed by atoms with Crippen molar-refractivity contribution < 1.29 is 23.4 Å². The van der Waals surface area contributed by atoms with Gasteiger partial charge in [0.2, 0.25) is 0 Å². The predicted octanol–water partition coefficient (Wildman–Crippen LogP) is 2.72. The smallest absolute Gasteiger partial charge is 0.398 e. The first-order chi connectivity index (χ1) is 10.8. The van der Waals surface area contributed by atoms with E-state index in [0.29, 0.717) is 22.5 Å². The average Bonchev–Trinajstić information content (AvgIpc) is 2.53. The fourth-order valence-electron chi connectivity index (χ4n) is 2.06. The molecule has 0 aromatic heterocycles. The molecule has 1 unspecified atom stereocenters. The molecule has 0 radical (unpaired) electrons. The molecule has 0 saturated heterocycles. The summed E-state index contributed by atoms with van der Waals surface area (Å²) in [7, 11) is 0. The van der Waals surface area contributed by atoms with E-state index in [1.165, 1.54) is 12.1 Å². The summed E-state index contributed by atoms with van der Waals surface area (Å²) in [4.78, 5) is 0. The highest BCUT2D eigenvalue weighted by Gasteiger charge is 2.30. The van der Waals surface area contributed by atoms with Gasteiger partial charge < -0.3 is 21.3 Å². The number of aliphatic hydroxyl groups excluding tert-OH is 2. The van der Waals surface area contributed by atoms with Gasteiger partial charge in [0.15, 0.2) is 0 Å². The van der Waals surface area contributed by atoms with Crippen LogP contribution < -0.4 is 11.1 Å². The van der Waals surface area contributed by atoms with Gasteiger partial charge in [-0.25, -0.2) is 0 Å². The van der Waals surface area contributed by atoms with E-state index >= 15 is 0 Å². The number of alkyl halides is 3. The van der Waals surface area contributed by atoms with Crippen LogP contribution in [0.3, 0.4) is 0 Å². The predicted molar refractivity (Wildman–Crippen MR) is 82.9 cm³/mol. The van der Waals surface area contributed by atoms with Crippen molar-refractivity contribution in [3.63, 3.8) is 0 Å². The number of rotatable bonds is 5. The molecule has 23 heavy (non-hydrogen) atoms. The van der Waals surface area contributed by atoms with E-state index in [1.807, 2.05) is 0 Å². The first-order valence-corrected chi connectivity index (χ1v) is 6.91. The summed E-state index contributed by atoms with van der Waals surface area (Å²) >= 11 is 0. The summed E-state index contributed by atoms with van der Waals surface area (Å²) in [6, 6.07) is 9.73. The minimum atomic E-state index is -4.38. The maximum Gasteiger partial charge on any atom is 0.416 e. The van der Waals surface area contributed by atoms with Crippen LogP contribution in [0.2, 0.25) is 0 Å². The largest absolute Gasteiger partial charge is 0.416 e. The molecule has 2 aromatic carbocycles. The Labute approximate surface area is 131 Å². The van der Waals surface area contributed by atoms with Crippen molar-refractivity contribution in [3.05, 3.63) is 48.0 Å². The second-order valence-corrected chi connectivity index (χ2v) is 5.09. The van der Waals surface area contributed by atoms with Gasteiger partial charge in [-0.2, -0.15) is 13.2 Å². The lowest BCUT2D eigenvalue weighted by Crippen LogP contribution is -2.22. The monoisotopic (exact) mass is 326 g/mol. The Morgan fingerprint density at radius 1 is 1.09 bits per heavy atom. The Morgan fingerprint density at radius 3 is 2.30 bits per heavy atom. The molecule has 0 aliphatic rings. The zero-order valence-corrected chi connectivity index (χ0v) is 12.1. The lowest BCUT2D eigenvalue weighted by atomic mass is 10.0. The molecule has 0 aliphatic carbocycles. The number of hydrogen-bond acceptors (Lipinski definition) is 4. The fourth-order valence-corrected chi connectivity index (χ4v) is 2.06. The molecule has 0 aliphatic heterocycles. The van der Waals surface area contributed by atoms with Gasteiger partial charge in [-0.3, -0.25) is 0 Å². The van der Waals surface area contributed by atoms with Crippen LogP contribution in [0.5, 0.6) is 0 Å². The zero-order valence-electron chi connectivity index (χ0n) is 12.1. The molecule has 1 atom stereocenters. The average molecular weight is 326 g/mol. The van der Waals surface area contributed by atoms with E-state index in [0.717, 1.165) is 12.1 Å². The third kappa shape index (κ3) is 4.37. The number of hydrogen-bond donors (Lipinski definition) is 4. The van der Waals surface area contributed by atoms with Crippen molar-refractivity contribution >= 4 is 11.4 Å². The Balaban J connectivity index is 2.24. The number of nitrogens with two attached hydrogens (primary N) is 1. The minimum absolute atomic E-state index is 0.146. The van der Waals surface area contributed by atoms with E-state index in [4.69, 9.17) is 10.8 Å². The number of aliphatic hydroxyl groups is 2. The third-order valence-electron chi connectivity index (χ3n) is 3.33. The molecule has 7 heteroatoms. The SMILES string of the molecule is Nc1ccc(NCC(O)CO)cc1-c1ccc(C(F)(F)F)cc1. The third-order valence-corrected chi connectivity index (χ3v) is 3.33. The van der Waals surface area contributed by atoms with E-state index in [1.54, 1.807) is 18.2 Å². The van der Waals surface area contributed by atoms with Crippen molar-refractivity contribution in [3.8, 4) is 11.1 Å². The van der Waals surface area contributed by atoms with Crippen LogP contribution in [-0.4, -0.2) is 29.5 Å². The number of nitrogen functional groups attached to an aromatic ring is 1. The summed E-state index contributed by atoms with van der Waals surface area (Å²) in [6.45, 7) is -0.222. The second kappa shape index (κ2) is 6.89. The highest BCUT2D eigenvalue weighted by Crippen LogP contribution is 2.33. The zero-order chi connectivity index (χ0) is 17.0. The van der Waals surface area contributed by atoms with Gasteiger partial charge in [0.25, 0.3) is 0 Å². The Kier molecular flexibility index (Phi) is 5.12. The molecule has 0 fully saturated rings. The Morgan fingerprint density at radius 2 is 1.74 bits per heavy atom. The molecule has 0 amide bonds. The molecule has 0 spiro atoms. The van der Waals surface area contributed by atoms with Gasteiger partial charge in [0.1, 0.15) is 0 Å². The van der Waals surface area contributed by atoms with Crippen molar-refractivity contribution in [2.45, 2.75) is 12.3 Å². The van der Waals surface area contributed by atoms with E-state index in [9.17, 15) is 18.3 Å². The highest BCUT2D eigenvalue weighted by atomic mass is 19.4. The fraction of sp³-hybridized carbons (Fsp3) is 0.250. The number of anilines is 2. The van der Waals surface area contributed by atoms with Crippen LogP contribution in [0.25, 0.3) is 11.1 Å². The minimum Gasteiger partial charge on any atom is -0.398 e. The van der Waals surface area contributed by atoms with Gasteiger partial charge in [-0.05, 0) is 35.9 Å². The maximum atomic E-state index is 12.6. The molecule has 0 bridgehead atoms. The number of benzene rings is 2. The van der Waals surface area contributed by atoms with Crippen LogP contribution in [0, 0.1) is 0 Å². The standard InChI is InChI=1S/C16H17F3N2O2/c17-16(18,19)11-3-1-10(2-4-11)14-7-12(5-6-15(14)20)21-8-13(23)9-22/h1-7,13,21-23H,8-9,20H2. The van der Waals surface area contributed by atoms with Crippen LogP contribution in [0.4, 0.5) is 24.5 Å². The lowest BCUT2D eigenvalue weighted by molar-refractivity contribution is -0.137. The molecule has 124 valence electrons. The number of halogens is 3. The van der Waals surface area contributed by atoms with E-state index < -0.39 is 17.8 Å². The van der Waals surface area contributed by atoms with Gasteiger partial charge in [0.05, 0.1) is 18.3 Å². The Bertz CT molecular complexity index is 657. The summed E-state index contributed by atoms with van der Waals surface area (Å²) in [5.74, 6) is 0. The van der Waals surface area contributed by atoms with Gasteiger partial charge in [-0.1, -0.05) is 12.1 Å². The molecular formula is C16H17F3N2O2. The highest BCUT2D eigenvalue weighted by molar-refractivity contribution is 5.79. The van der Waals surface area contributed by atoms with Crippen LogP contribution in [-0.2, 0) is 6.18 Å². The quantitative estimate of drug-likeness (QED) is 0.637. The molecular weight excluding hydrogens is 309 g/mol. The van der Waals surface area contributed by atoms with Gasteiger partial charge >= 0.3 is 6.18 Å². The Hall–Kier alpha value is -2.25. The van der Waals surface area contributed by atoms with Crippen molar-refractivity contribution in [1.29, 1.82) is 0 Å².